The van der Waals surface area contributed by atoms with Gasteiger partial charge in [0.1, 0.15) is 29.1 Å². The maximum Gasteiger partial charge on any atom is 0.315 e. The first-order valence-electron chi connectivity index (χ1n) is 18.9. The summed E-state index contributed by atoms with van der Waals surface area (Å²) in [4.78, 5) is 75.1. The van der Waals surface area contributed by atoms with E-state index in [1.807, 2.05) is 36.4 Å². The molecular formula is C38H47N7O8S. The Labute approximate surface area is 314 Å². The molecule has 5 aliphatic rings. The minimum atomic E-state index is -3.90. The Morgan fingerprint density at radius 2 is 1.76 bits per heavy atom. The van der Waals surface area contributed by atoms with E-state index < -0.39 is 74.5 Å². The van der Waals surface area contributed by atoms with E-state index in [1.165, 1.54) is 4.90 Å². The fourth-order valence-electron chi connectivity index (χ4n) is 7.46. The van der Waals surface area contributed by atoms with Crippen LogP contribution in [-0.4, -0.2) is 96.6 Å². The molecule has 0 spiro atoms. The third kappa shape index (κ3) is 8.53. The number of allylic oxidation sites excluding steroid dienone is 1. The molecule has 16 heteroatoms. The normalized spacial score (nSPS) is 28.3. The molecule has 1 aromatic carbocycles. The third-order valence-electron chi connectivity index (χ3n) is 10.8. The number of fused-ring (bicyclic) bond motifs is 8. The fraction of sp³-hybridized carbons (Fsp3) is 0.526. The molecule has 0 unspecified atom stereocenters. The Morgan fingerprint density at radius 1 is 0.944 bits per heavy atom. The molecular weight excluding hydrogens is 715 g/mol. The number of hydrogen-bond donors (Lipinski definition) is 5. The predicted octanol–water partition coefficient (Wildman–Crippen LogP) is 2.29. The lowest BCUT2D eigenvalue weighted by Gasteiger charge is -2.30. The van der Waals surface area contributed by atoms with Crippen molar-refractivity contribution in [2.45, 2.75) is 99.5 Å². The lowest BCUT2D eigenvalue weighted by Crippen LogP contribution is -2.58. The number of nitrogens with one attached hydrogen (secondary N) is 5. The van der Waals surface area contributed by atoms with Crippen LogP contribution in [0.15, 0.2) is 54.6 Å². The zero-order chi connectivity index (χ0) is 37.9. The van der Waals surface area contributed by atoms with Gasteiger partial charge in [0.05, 0.1) is 17.6 Å². The van der Waals surface area contributed by atoms with E-state index in [0.717, 1.165) is 18.4 Å². The number of aromatic nitrogens is 1. The smallest absolute Gasteiger partial charge is 0.315 e. The Morgan fingerprint density at radius 3 is 2.59 bits per heavy atom. The molecule has 2 aliphatic carbocycles. The van der Waals surface area contributed by atoms with Crippen LogP contribution < -0.4 is 30.7 Å². The molecule has 1 saturated heterocycles. The Balaban J connectivity index is 1.19. The third-order valence-corrected chi connectivity index (χ3v) is 12.6. The van der Waals surface area contributed by atoms with Gasteiger partial charge in [0.15, 0.2) is 0 Å². The van der Waals surface area contributed by atoms with Crippen molar-refractivity contribution in [1.29, 1.82) is 0 Å². The summed E-state index contributed by atoms with van der Waals surface area (Å²) in [6, 6.07) is 9.20. The van der Waals surface area contributed by atoms with E-state index in [1.54, 1.807) is 18.2 Å². The predicted molar refractivity (Wildman–Crippen MR) is 197 cm³/mol. The number of rotatable bonds is 3. The molecule has 5 N–H and O–H groups in total. The lowest BCUT2D eigenvalue weighted by molar-refractivity contribution is -0.141. The van der Waals surface area contributed by atoms with Crippen LogP contribution in [0, 0.1) is 5.92 Å². The molecule has 6 amide bonds. The molecule has 2 saturated carbocycles. The van der Waals surface area contributed by atoms with Crippen molar-refractivity contribution in [1.82, 2.24) is 35.9 Å². The lowest BCUT2D eigenvalue weighted by atomic mass is 10.0. The number of benzene rings is 1. The highest BCUT2D eigenvalue weighted by molar-refractivity contribution is 7.91. The quantitative estimate of drug-likeness (QED) is 0.291. The van der Waals surface area contributed by atoms with E-state index in [4.69, 9.17) is 4.74 Å². The number of carbonyl (C=O) groups is 5. The highest BCUT2D eigenvalue weighted by Gasteiger charge is 2.62. The summed E-state index contributed by atoms with van der Waals surface area (Å²) in [5.74, 6) is -2.24. The zero-order valence-corrected chi connectivity index (χ0v) is 30.9. The van der Waals surface area contributed by atoms with Gasteiger partial charge in [-0.2, -0.15) is 0 Å². The average molecular weight is 762 g/mol. The first-order chi connectivity index (χ1) is 26.0. The molecule has 7 bridgehead atoms. The van der Waals surface area contributed by atoms with Crippen LogP contribution in [0.2, 0.25) is 0 Å². The van der Waals surface area contributed by atoms with Gasteiger partial charge in [0.2, 0.25) is 21.8 Å². The highest BCUT2D eigenvalue weighted by atomic mass is 32.2. The molecule has 54 heavy (non-hydrogen) atoms. The van der Waals surface area contributed by atoms with Crippen molar-refractivity contribution >= 4 is 39.7 Å². The minimum absolute atomic E-state index is 0.0138. The molecule has 7 rings (SSSR count). The Kier molecular flexibility index (Phi) is 10.9. The van der Waals surface area contributed by atoms with E-state index in [0.29, 0.717) is 69.5 Å². The van der Waals surface area contributed by atoms with Gasteiger partial charge in [0, 0.05) is 30.6 Å². The summed E-state index contributed by atoms with van der Waals surface area (Å²) < 4.78 is 33.7. The van der Waals surface area contributed by atoms with Crippen LogP contribution in [0.1, 0.15) is 81.1 Å². The van der Waals surface area contributed by atoms with E-state index in [2.05, 4.69) is 31.0 Å². The summed E-state index contributed by atoms with van der Waals surface area (Å²) in [7, 11) is -3.90. The van der Waals surface area contributed by atoms with E-state index >= 15 is 0 Å². The number of nitrogens with zero attached hydrogens (tertiary/aromatic N) is 2. The molecule has 5 atom stereocenters. The van der Waals surface area contributed by atoms with Crippen molar-refractivity contribution in [2.24, 2.45) is 5.92 Å². The van der Waals surface area contributed by atoms with Crippen molar-refractivity contribution in [3.05, 3.63) is 60.3 Å². The fourth-order valence-corrected chi connectivity index (χ4v) is 8.82. The van der Waals surface area contributed by atoms with Gasteiger partial charge in [-0.05, 0) is 82.1 Å². The van der Waals surface area contributed by atoms with E-state index in [9.17, 15) is 32.4 Å². The van der Waals surface area contributed by atoms with Crippen molar-refractivity contribution in [3.8, 4) is 17.0 Å². The van der Waals surface area contributed by atoms with Crippen LogP contribution in [0.4, 0.5) is 4.79 Å². The summed E-state index contributed by atoms with van der Waals surface area (Å²) >= 11 is 0. The second-order valence-electron chi connectivity index (χ2n) is 14.9. The second-order valence-corrected chi connectivity index (χ2v) is 16.8. The van der Waals surface area contributed by atoms with Gasteiger partial charge in [0.25, 0.3) is 11.8 Å². The maximum atomic E-state index is 14.4. The molecule has 15 nitrogen and oxygen atoms in total. The number of pyridine rings is 1. The maximum absolute atomic E-state index is 14.4. The molecule has 3 aliphatic heterocycles. The molecule has 288 valence electrons. The van der Waals surface area contributed by atoms with Gasteiger partial charge in [-0.3, -0.25) is 23.9 Å². The monoisotopic (exact) mass is 761 g/mol. The van der Waals surface area contributed by atoms with E-state index in [-0.39, 0.29) is 25.1 Å². The molecule has 3 fully saturated rings. The largest absolute Gasteiger partial charge is 0.494 e. The number of ether oxygens (including phenoxy) is 1. The van der Waals surface area contributed by atoms with Crippen LogP contribution in [0.25, 0.3) is 11.3 Å². The van der Waals surface area contributed by atoms with Crippen LogP contribution in [0.3, 0.4) is 0 Å². The van der Waals surface area contributed by atoms with Crippen LogP contribution in [0.5, 0.6) is 5.75 Å². The molecule has 2 aromatic rings. The van der Waals surface area contributed by atoms with Gasteiger partial charge in [-0.1, -0.05) is 43.2 Å². The van der Waals surface area contributed by atoms with Gasteiger partial charge < -0.3 is 30.9 Å². The highest BCUT2D eigenvalue weighted by Crippen LogP contribution is 2.46. The molecule has 0 radical (unpaired) electrons. The first-order valence-corrected chi connectivity index (χ1v) is 20.5. The Hall–Kier alpha value is -4.99. The zero-order valence-electron chi connectivity index (χ0n) is 30.1. The number of hydrogen-bond acceptors (Lipinski definition) is 9. The van der Waals surface area contributed by atoms with Gasteiger partial charge in [-0.25, -0.2) is 18.2 Å². The second kappa shape index (κ2) is 15.8. The molecule has 1 aromatic heterocycles. The van der Waals surface area contributed by atoms with Crippen LogP contribution >= 0.6 is 0 Å². The SMILES string of the molecule is O=C1NCCCCOc2cccc(c2)-c2cccc(n2)C(=O)N[C@@H]2C[C@H]3C(=O)N[C@]4(C(=O)NS(=O)(=O)C5CC5)C[C@H]4C=CCCCCC[C@H](N1)C(=O)N3C2. The number of carbonyl (C=O) groups excluding carboxylic acids is 5. The van der Waals surface area contributed by atoms with Crippen molar-refractivity contribution < 1.29 is 37.1 Å². The van der Waals surface area contributed by atoms with Gasteiger partial charge in [-0.15, -0.1) is 0 Å². The van der Waals surface area contributed by atoms with Gasteiger partial charge >= 0.3 is 6.03 Å². The van der Waals surface area contributed by atoms with Crippen LogP contribution in [-0.2, 0) is 24.4 Å². The number of amides is 6. The number of sulfonamides is 1. The standard InChI is InChI=1S/C38H47N7O8S/c46-33-30-15-9-14-29(41-30)24-10-8-12-27(20-24)53-19-7-6-18-39-37(50)42-31-13-5-3-1-2-4-11-25-22-38(25,36(49)44-54(51,52)28-16-17-28)43-34(47)32-21-26(40-33)23-45(32)35(31)48/h4,8-12,14-15,20,25-26,28,31-32H,1-3,5-7,13,16-19,21-23H2,(H,40,46)(H,43,47)(H,44,49)(H2,39,42,50)/t25-,26-,31+,32+,38-/m1/s1. The summed E-state index contributed by atoms with van der Waals surface area (Å²) in [6.07, 6.45) is 9.43. The summed E-state index contributed by atoms with van der Waals surface area (Å²) in [5, 5.41) is 10.8. The molecule has 4 heterocycles. The first kappa shape index (κ1) is 37.3. The average Bonchev–Trinajstić information content (AvgIpc) is 4.08. The van der Waals surface area contributed by atoms with Crippen molar-refractivity contribution in [2.75, 3.05) is 19.7 Å². The number of urea groups is 1. The minimum Gasteiger partial charge on any atom is -0.494 e. The Bertz CT molecular complexity index is 1930. The summed E-state index contributed by atoms with van der Waals surface area (Å²) in [6.45, 7) is 0.725. The topological polar surface area (TPSA) is 205 Å². The summed E-state index contributed by atoms with van der Waals surface area (Å²) in [5.41, 5.74) is -0.0630. The van der Waals surface area contributed by atoms with Crippen molar-refractivity contribution in [3.63, 3.8) is 0 Å².